The number of hydrogen-bond acceptors (Lipinski definition) is 4. The second-order valence-electron chi connectivity index (χ2n) is 2.18. The van der Waals surface area contributed by atoms with Crippen molar-refractivity contribution in [3.63, 3.8) is 0 Å². The van der Waals surface area contributed by atoms with Gasteiger partial charge in [0.15, 0.2) is 6.19 Å². The molecule has 2 aromatic heterocycles. The normalized spacial score (nSPS) is 6.87. The minimum atomic E-state index is 1.25. The van der Waals surface area contributed by atoms with Gasteiger partial charge in [-0.15, -0.1) is 0 Å². The van der Waals surface area contributed by atoms with E-state index >= 15 is 0 Å². The van der Waals surface area contributed by atoms with Gasteiger partial charge in [-0.25, -0.2) is 0 Å². The van der Waals surface area contributed by atoms with E-state index in [0.717, 1.165) is 0 Å². The fraction of sp³-hybridized carbons (Fsp3) is 0. The minimum Gasteiger partial charge on any atom is -0.337 e. The van der Waals surface area contributed by atoms with Crippen molar-refractivity contribution in [2.45, 2.75) is 0 Å². The van der Waals surface area contributed by atoms with Gasteiger partial charge in [-0.1, -0.05) is 12.1 Å². The van der Waals surface area contributed by atoms with Crippen LogP contribution in [0.2, 0.25) is 0 Å². The molecule has 2 aromatic rings. The first-order valence-electron chi connectivity index (χ1n) is 4.21. The third-order valence-electron chi connectivity index (χ3n) is 1.13. The molecule has 0 amide bonds. The molecule has 0 bridgehead atoms. The second-order valence-corrected chi connectivity index (χ2v) is 2.18. The van der Waals surface area contributed by atoms with E-state index < -0.39 is 0 Å². The monoisotopic (exact) mass is 200 g/mol. The Kier molecular flexibility index (Phi) is 9.73. The Balaban J connectivity index is 0.000000210. The van der Waals surface area contributed by atoms with Gasteiger partial charge in [0, 0.05) is 24.8 Å². The maximum absolute atomic E-state index is 7.10. The van der Waals surface area contributed by atoms with Crippen LogP contribution in [0.1, 0.15) is 0 Å². The first-order valence-corrected chi connectivity index (χ1v) is 4.21. The molecule has 0 fully saturated rings. The molecule has 0 radical (unpaired) electrons. The van der Waals surface area contributed by atoms with Gasteiger partial charge in [0.25, 0.3) is 0 Å². The molecule has 2 heterocycles. The molecule has 0 aliphatic heterocycles. The molecular formula is C11H12N4. The first-order chi connectivity index (χ1) is 7.41. The standard InChI is InChI=1S/2C5H5N.CH2N2/c2*1-2-4-6-5-3-1;2-1-3/h2*1-5H;2H2. The number of nitriles is 1. The molecule has 0 unspecified atom stereocenters. The van der Waals surface area contributed by atoms with Crippen LogP contribution in [-0.4, -0.2) is 9.97 Å². The van der Waals surface area contributed by atoms with Crippen LogP contribution in [0.4, 0.5) is 0 Å². The summed E-state index contributed by atoms with van der Waals surface area (Å²) in [5, 5.41) is 7.10. The van der Waals surface area contributed by atoms with Crippen LogP contribution < -0.4 is 5.73 Å². The number of aromatic nitrogens is 2. The number of nitrogens with zero attached hydrogens (tertiary/aromatic N) is 3. The predicted octanol–water partition coefficient (Wildman–Crippen LogP) is 1.59. The highest BCUT2D eigenvalue weighted by atomic mass is 14.6. The Bertz CT molecular complexity index is 257. The zero-order valence-electron chi connectivity index (χ0n) is 8.19. The maximum Gasteiger partial charge on any atom is 0.173 e. The molecule has 0 saturated heterocycles. The number of hydrogen-bond donors (Lipinski definition) is 1. The average Bonchev–Trinajstić information content (AvgIpc) is 2.35. The number of rotatable bonds is 0. The van der Waals surface area contributed by atoms with Gasteiger partial charge in [0.05, 0.1) is 0 Å². The fourth-order valence-corrected chi connectivity index (χ4v) is 0.625. The fourth-order valence-electron chi connectivity index (χ4n) is 0.625. The maximum atomic E-state index is 7.10. The van der Waals surface area contributed by atoms with Crippen LogP contribution in [0.15, 0.2) is 61.2 Å². The van der Waals surface area contributed by atoms with Gasteiger partial charge in [-0.3, -0.25) is 9.97 Å². The Labute approximate surface area is 89.0 Å². The molecule has 0 saturated carbocycles. The molecule has 0 atom stereocenters. The lowest BCUT2D eigenvalue weighted by atomic mass is 10.5. The highest BCUT2D eigenvalue weighted by Crippen LogP contribution is 1.74. The van der Waals surface area contributed by atoms with Gasteiger partial charge in [-0.05, 0) is 24.3 Å². The molecule has 4 heteroatoms. The largest absolute Gasteiger partial charge is 0.337 e. The van der Waals surface area contributed by atoms with E-state index in [4.69, 9.17) is 5.26 Å². The summed E-state index contributed by atoms with van der Waals surface area (Å²) in [6.07, 6.45) is 8.25. The highest BCUT2D eigenvalue weighted by molar-refractivity contribution is 4.88. The van der Waals surface area contributed by atoms with Crippen LogP contribution in [0.5, 0.6) is 0 Å². The van der Waals surface area contributed by atoms with Crippen molar-refractivity contribution in [2.75, 3.05) is 0 Å². The summed E-state index contributed by atoms with van der Waals surface area (Å²) in [5.74, 6) is 0. The first kappa shape index (κ1) is 12.6. The SMILES string of the molecule is N#CN.c1ccncc1.c1ccncc1. The molecule has 4 nitrogen and oxygen atoms in total. The Morgan fingerprint density at radius 2 is 1.00 bits per heavy atom. The van der Waals surface area contributed by atoms with Crippen molar-refractivity contribution in [1.82, 2.24) is 9.97 Å². The van der Waals surface area contributed by atoms with E-state index in [1.54, 1.807) is 24.8 Å². The van der Waals surface area contributed by atoms with E-state index in [0.29, 0.717) is 0 Å². The molecule has 15 heavy (non-hydrogen) atoms. The van der Waals surface area contributed by atoms with Crippen molar-refractivity contribution < 1.29 is 0 Å². The van der Waals surface area contributed by atoms with Crippen molar-refractivity contribution >= 4 is 0 Å². The summed E-state index contributed by atoms with van der Waals surface area (Å²) in [6, 6.07) is 11.4. The lowest BCUT2D eigenvalue weighted by Crippen LogP contribution is -1.69. The molecule has 0 aromatic carbocycles. The quantitative estimate of drug-likeness (QED) is 0.517. The van der Waals surface area contributed by atoms with Crippen molar-refractivity contribution in [3.8, 4) is 6.19 Å². The predicted molar refractivity (Wildman–Crippen MR) is 58.3 cm³/mol. The van der Waals surface area contributed by atoms with Crippen LogP contribution in [0.25, 0.3) is 0 Å². The molecule has 2 N–H and O–H groups in total. The summed E-state index contributed by atoms with van der Waals surface area (Å²) in [5.41, 5.74) is 4.15. The van der Waals surface area contributed by atoms with E-state index in [1.807, 2.05) is 36.4 Å². The van der Waals surface area contributed by atoms with Gasteiger partial charge in [0.1, 0.15) is 0 Å². The third-order valence-corrected chi connectivity index (χ3v) is 1.13. The zero-order valence-corrected chi connectivity index (χ0v) is 8.19. The molecule has 76 valence electrons. The van der Waals surface area contributed by atoms with Crippen LogP contribution in [0, 0.1) is 11.5 Å². The van der Waals surface area contributed by atoms with E-state index in [-0.39, 0.29) is 0 Å². The summed E-state index contributed by atoms with van der Waals surface area (Å²) < 4.78 is 0. The lowest BCUT2D eigenvalue weighted by Gasteiger charge is -1.70. The average molecular weight is 200 g/mol. The van der Waals surface area contributed by atoms with Gasteiger partial charge < -0.3 is 5.73 Å². The van der Waals surface area contributed by atoms with Crippen molar-refractivity contribution in [1.29, 1.82) is 5.26 Å². The van der Waals surface area contributed by atoms with Gasteiger partial charge >= 0.3 is 0 Å². The van der Waals surface area contributed by atoms with Gasteiger partial charge in [0.2, 0.25) is 0 Å². The van der Waals surface area contributed by atoms with E-state index in [9.17, 15) is 0 Å². The molecule has 0 spiro atoms. The smallest absolute Gasteiger partial charge is 0.173 e. The van der Waals surface area contributed by atoms with Crippen molar-refractivity contribution in [2.24, 2.45) is 5.73 Å². The van der Waals surface area contributed by atoms with Crippen LogP contribution in [0.3, 0.4) is 0 Å². The summed E-state index contributed by atoms with van der Waals surface area (Å²) in [6.45, 7) is 0. The number of pyridine rings is 2. The van der Waals surface area contributed by atoms with Crippen LogP contribution in [-0.2, 0) is 0 Å². The summed E-state index contributed by atoms with van der Waals surface area (Å²) in [4.78, 5) is 7.57. The molecular weight excluding hydrogens is 188 g/mol. The molecule has 0 aliphatic carbocycles. The summed E-state index contributed by atoms with van der Waals surface area (Å²) in [7, 11) is 0. The van der Waals surface area contributed by atoms with Gasteiger partial charge in [-0.2, -0.15) is 5.26 Å². The number of nitrogens with two attached hydrogens (primary N) is 1. The molecule has 2 rings (SSSR count). The highest BCUT2D eigenvalue weighted by Gasteiger charge is 1.59. The topological polar surface area (TPSA) is 75.6 Å². The summed E-state index contributed by atoms with van der Waals surface area (Å²) >= 11 is 0. The van der Waals surface area contributed by atoms with E-state index in [2.05, 4.69) is 15.7 Å². The molecule has 0 aliphatic rings. The zero-order chi connectivity index (χ0) is 11.2. The lowest BCUT2D eigenvalue weighted by molar-refractivity contribution is 1.33. The second kappa shape index (κ2) is 11.6. The minimum absolute atomic E-state index is 1.25. The Morgan fingerprint density at radius 1 is 0.733 bits per heavy atom. The van der Waals surface area contributed by atoms with E-state index in [1.165, 1.54) is 6.19 Å². The Morgan fingerprint density at radius 3 is 1.07 bits per heavy atom. The third kappa shape index (κ3) is 11.6. The van der Waals surface area contributed by atoms with Crippen LogP contribution >= 0.6 is 0 Å². The van der Waals surface area contributed by atoms with Crippen molar-refractivity contribution in [3.05, 3.63) is 61.2 Å². The Hall–Kier alpha value is -2.41.